The third-order valence-electron chi connectivity index (χ3n) is 6.43. The van der Waals surface area contributed by atoms with E-state index >= 15 is 0 Å². The van der Waals surface area contributed by atoms with E-state index in [1.807, 2.05) is 13.8 Å². The Hall–Kier alpha value is -1.89. The number of piperidine rings is 1. The van der Waals surface area contributed by atoms with Crippen LogP contribution in [0, 0.1) is 5.92 Å². The van der Waals surface area contributed by atoms with Crippen LogP contribution in [-0.4, -0.2) is 72.5 Å². The summed E-state index contributed by atoms with van der Waals surface area (Å²) in [6.07, 6.45) is 6.43. The first-order valence-electron chi connectivity index (χ1n) is 11.8. The van der Waals surface area contributed by atoms with Gasteiger partial charge in [-0.1, -0.05) is 39.7 Å². The van der Waals surface area contributed by atoms with E-state index in [2.05, 4.69) is 24.1 Å². The summed E-state index contributed by atoms with van der Waals surface area (Å²) in [5.74, 6) is -0.556. The van der Waals surface area contributed by atoms with Gasteiger partial charge < -0.3 is 15.0 Å². The van der Waals surface area contributed by atoms with Gasteiger partial charge in [-0.25, -0.2) is 4.79 Å². The Bertz CT molecular complexity index is 634. The van der Waals surface area contributed by atoms with E-state index in [0.717, 1.165) is 38.6 Å². The Morgan fingerprint density at radius 3 is 2.42 bits per heavy atom. The van der Waals surface area contributed by atoms with Crippen molar-refractivity contribution in [3.63, 3.8) is 0 Å². The summed E-state index contributed by atoms with van der Waals surface area (Å²) < 4.78 is 4.99. The molecular formula is C24H43N3O4. The number of nitrogens with one attached hydrogen (secondary N) is 1. The van der Waals surface area contributed by atoms with Crippen molar-refractivity contribution < 1.29 is 19.1 Å². The van der Waals surface area contributed by atoms with Crippen molar-refractivity contribution in [2.75, 3.05) is 26.7 Å². The van der Waals surface area contributed by atoms with Crippen LogP contribution in [0.4, 0.5) is 0 Å². The highest BCUT2D eigenvalue weighted by Crippen LogP contribution is 2.22. The number of ether oxygens (including phenoxy) is 1. The first-order chi connectivity index (χ1) is 14.7. The van der Waals surface area contributed by atoms with Gasteiger partial charge >= 0.3 is 5.97 Å². The second-order valence-electron chi connectivity index (χ2n) is 8.70. The van der Waals surface area contributed by atoms with Crippen molar-refractivity contribution in [2.45, 2.75) is 91.8 Å². The molecule has 0 spiro atoms. The molecular weight excluding hydrogens is 394 g/mol. The molecule has 3 unspecified atom stereocenters. The van der Waals surface area contributed by atoms with Gasteiger partial charge in [0, 0.05) is 25.2 Å². The molecule has 1 aliphatic rings. The number of carbonyl (C=O) groups excluding carboxylic acids is 3. The molecule has 1 rings (SSSR count). The van der Waals surface area contributed by atoms with Crippen LogP contribution in [0.25, 0.3) is 0 Å². The lowest BCUT2D eigenvalue weighted by Gasteiger charge is -2.39. The maximum absolute atomic E-state index is 13.2. The van der Waals surface area contributed by atoms with Crippen molar-refractivity contribution in [3.8, 4) is 0 Å². The SMILES string of the molecule is CCOC(=O)/C(C)=C/CN(C)C(=O)C(NC(=O)C1CCCCN1C(C)CC)[C@@H](C)CC. The Morgan fingerprint density at radius 1 is 1.16 bits per heavy atom. The molecule has 0 aromatic heterocycles. The van der Waals surface area contributed by atoms with Crippen LogP contribution in [0.1, 0.15) is 73.6 Å². The highest BCUT2D eigenvalue weighted by molar-refractivity contribution is 5.90. The summed E-state index contributed by atoms with van der Waals surface area (Å²) in [6, 6.07) is -0.425. The molecule has 1 saturated heterocycles. The first-order valence-corrected chi connectivity index (χ1v) is 11.8. The lowest BCUT2D eigenvalue weighted by atomic mass is 9.95. The molecule has 7 nitrogen and oxygen atoms in total. The molecule has 0 saturated carbocycles. The molecule has 178 valence electrons. The number of rotatable bonds is 11. The summed E-state index contributed by atoms with van der Waals surface area (Å²) in [7, 11) is 1.70. The molecule has 4 atom stereocenters. The van der Waals surface area contributed by atoms with Crippen LogP contribution in [0.2, 0.25) is 0 Å². The summed E-state index contributed by atoms with van der Waals surface area (Å²) >= 11 is 0. The average Bonchev–Trinajstić information content (AvgIpc) is 2.79. The molecule has 1 heterocycles. The van der Waals surface area contributed by atoms with Crippen molar-refractivity contribution in [3.05, 3.63) is 11.6 Å². The fourth-order valence-corrected chi connectivity index (χ4v) is 3.86. The van der Waals surface area contributed by atoms with Crippen LogP contribution in [0.5, 0.6) is 0 Å². The number of likely N-dealkylation sites (N-methyl/N-ethyl adjacent to an activating group) is 1. The van der Waals surface area contributed by atoms with Crippen molar-refractivity contribution in [2.24, 2.45) is 5.92 Å². The van der Waals surface area contributed by atoms with Crippen molar-refractivity contribution >= 4 is 17.8 Å². The quantitative estimate of drug-likeness (QED) is 0.397. The summed E-state index contributed by atoms with van der Waals surface area (Å²) in [5.41, 5.74) is 0.469. The lowest BCUT2D eigenvalue weighted by molar-refractivity contribution is -0.139. The van der Waals surface area contributed by atoms with Crippen LogP contribution in [0.15, 0.2) is 11.6 Å². The zero-order valence-electron chi connectivity index (χ0n) is 20.6. The lowest BCUT2D eigenvalue weighted by Crippen LogP contribution is -2.58. The number of esters is 1. The number of likely N-dealkylation sites (tertiary alicyclic amines) is 1. The maximum atomic E-state index is 13.2. The van der Waals surface area contributed by atoms with Gasteiger partial charge in [0.15, 0.2) is 0 Å². The third-order valence-corrected chi connectivity index (χ3v) is 6.43. The van der Waals surface area contributed by atoms with E-state index in [-0.39, 0.29) is 36.3 Å². The van der Waals surface area contributed by atoms with E-state index in [4.69, 9.17) is 4.74 Å². The monoisotopic (exact) mass is 437 g/mol. The van der Waals surface area contributed by atoms with E-state index in [1.54, 1.807) is 31.9 Å². The molecule has 0 aliphatic carbocycles. The van der Waals surface area contributed by atoms with Gasteiger partial charge in [0.25, 0.3) is 0 Å². The van der Waals surface area contributed by atoms with Crippen LogP contribution < -0.4 is 5.32 Å². The fourth-order valence-electron chi connectivity index (χ4n) is 3.86. The number of hydrogen-bond acceptors (Lipinski definition) is 5. The van der Waals surface area contributed by atoms with Gasteiger partial charge in [0.05, 0.1) is 12.6 Å². The van der Waals surface area contributed by atoms with E-state index in [0.29, 0.717) is 18.2 Å². The second kappa shape index (κ2) is 13.5. The Balaban J connectivity index is 2.89. The number of hydrogen-bond donors (Lipinski definition) is 1. The predicted molar refractivity (Wildman–Crippen MR) is 124 cm³/mol. The molecule has 0 aromatic rings. The fraction of sp³-hybridized carbons (Fsp3) is 0.792. The van der Waals surface area contributed by atoms with Crippen molar-refractivity contribution in [1.29, 1.82) is 0 Å². The van der Waals surface area contributed by atoms with Crippen LogP contribution in [-0.2, 0) is 19.1 Å². The number of nitrogens with zero attached hydrogens (tertiary/aromatic N) is 2. The summed E-state index contributed by atoms with van der Waals surface area (Å²) in [4.78, 5) is 42.0. The smallest absolute Gasteiger partial charge is 0.333 e. The first kappa shape index (κ1) is 27.1. The number of carbonyl (C=O) groups is 3. The minimum atomic E-state index is -0.584. The molecule has 7 heteroatoms. The molecule has 31 heavy (non-hydrogen) atoms. The zero-order chi connectivity index (χ0) is 23.6. The summed E-state index contributed by atoms with van der Waals surface area (Å²) in [6.45, 7) is 13.3. The molecule has 0 bridgehead atoms. The second-order valence-corrected chi connectivity index (χ2v) is 8.70. The van der Waals surface area contributed by atoms with E-state index < -0.39 is 6.04 Å². The Labute approximate surface area is 188 Å². The highest BCUT2D eigenvalue weighted by atomic mass is 16.5. The van der Waals surface area contributed by atoms with Gasteiger partial charge in [-0.3, -0.25) is 14.5 Å². The normalized spacial score (nSPS) is 20.5. The van der Waals surface area contributed by atoms with Crippen LogP contribution >= 0.6 is 0 Å². The maximum Gasteiger partial charge on any atom is 0.333 e. The van der Waals surface area contributed by atoms with Gasteiger partial charge in [0.2, 0.25) is 11.8 Å². The van der Waals surface area contributed by atoms with E-state index in [1.165, 1.54) is 0 Å². The van der Waals surface area contributed by atoms with Crippen molar-refractivity contribution in [1.82, 2.24) is 15.1 Å². The highest BCUT2D eigenvalue weighted by Gasteiger charge is 2.35. The zero-order valence-corrected chi connectivity index (χ0v) is 20.6. The van der Waals surface area contributed by atoms with Gasteiger partial charge in [-0.2, -0.15) is 0 Å². The van der Waals surface area contributed by atoms with Gasteiger partial charge in [0.1, 0.15) is 6.04 Å². The third kappa shape index (κ3) is 7.95. The van der Waals surface area contributed by atoms with Gasteiger partial charge in [-0.05, 0) is 52.5 Å². The minimum Gasteiger partial charge on any atom is -0.463 e. The van der Waals surface area contributed by atoms with Crippen LogP contribution in [0.3, 0.4) is 0 Å². The molecule has 1 fully saturated rings. The molecule has 0 aromatic carbocycles. The minimum absolute atomic E-state index is 0.00896. The summed E-state index contributed by atoms with van der Waals surface area (Å²) in [5, 5.41) is 3.07. The molecule has 1 N–H and O–H groups in total. The Morgan fingerprint density at radius 2 is 1.84 bits per heavy atom. The van der Waals surface area contributed by atoms with E-state index in [9.17, 15) is 14.4 Å². The average molecular weight is 438 g/mol. The molecule has 0 radical (unpaired) electrons. The number of amides is 2. The molecule has 2 amide bonds. The Kier molecular flexibility index (Phi) is 11.8. The largest absolute Gasteiger partial charge is 0.463 e. The van der Waals surface area contributed by atoms with Gasteiger partial charge in [-0.15, -0.1) is 0 Å². The topological polar surface area (TPSA) is 79.0 Å². The standard InChI is InChI=1S/C24H43N3O4/c1-8-17(4)21(23(29)26(7)16-14-18(5)24(30)31-10-3)25-22(28)20-13-11-12-15-27(20)19(6)9-2/h14,17,19-21H,8-13,15-16H2,1-7H3,(H,25,28)/b18-14+/t17-,19?,20?,21?/m0/s1. The predicted octanol–water partition coefficient (Wildman–Crippen LogP) is 3.14. The molecule has 1 aliphatic heterocycles.